The van der Waals surface area contributed by atoms with Crippen LogP contribution in [0.2, 0.25) is 0 Å². The number of amides is 1. The van der Waals surface area contributed by atoms with Crippen LogP contribution in [0.3, 0.4) is 0 Å². The number of carbonyl (C=O) groups is 1. The fraction of sp³-hybridized carbons (Fsp3) is 0.679. The lowest BCUT2D eigenvalue weighted by molar-refractivity contribution is 0.0443. The number of carbonyl (C=O) groups excluding carboxylic acids is 1. The molecule has 35 heavy (non-hydrogen) atoms. The van der Waals surface area contributed by atoms with E-state index in [-0.39, 0.29) is 5.91 Å². The van der Waals surface area contributed by atoms with E-state index in [9.17, 15) is 4.79 Å². The molecular weight excluding hydrogens is 440 g/mol. The first-order chi connectivity index (χ1) is 17.0. The number of ether oxygens (including phenoxy) is 2. The summed E-state index contributed by atoms with van der Waals surface area (Å²) < 4.78 is 10.7. The molecule has 7 nitrogen and oxygen atoms in total. The number of hydrogen-bond acceptors (Lipinski definition) is 6. The van der Waals surface area contributed by atoms with E-state index in [1.165, 1.54) is 12.8 Å². The Morgan fingerprint density at radius 1 is 1.20 bits per heavy atom. The summed E-state index contributed by atoms with van der Waals surface area (Å²) in [6, 6.07) is 5.22. The molecule has 1 aliphatic heterocycles. The van der Waals surface area contributed by atoms with Crippen LogP contribution in [0.1, 0.15) is 54.1 Å². The van der Waals surface area contributed by atoms with Crippen molar-refractivity contribution in [3.63, 3.8) is 0 Å². The number of nitrogens with zero attached hydrogens (tertiary/aromatic N) is 3. The molecule has 1 aliphatic carbocycles. The quantitative estimate of drug-likeness (QED) is 0.544. The maximum absolute atomic E-state index is 12.7. The third-order valence-corrected chi connectivity index (χ3v) is 7.52. The fourth-order valence-corrected chi connectivity index (χ4v) is 5.31. The van der Waals surface area contributed by atoms with Crippen LogP contribution < -0.4 is 10.2 Å². The Morgan fingerprint density at radius 2 is 1.89 bits per heavy atom. The molecule has 2 fully saturated rings. The molecule has 3 rings (SSSR count). The highest BCUT2D eigenvalue weighted by Gasteiger charge is 2.29. The molecule has 0 unspecified atom stereocenters. The molecule has 0 radical (unpaired) electrons. The summed E-state index contributed by atoms with van der Waals surface area (Å²) in [5, 5.41) is 2.81. The van der Waals surface area contributed by atoms with Gasteiger partial charge in [-0.15, -0.1) is 0 Å². The molecule has 1 heterocycles. The summed E-state index contributed by atoms with van der Waals surface area (Å²) in [5.74, 6) is 6.62. The third-order valence-electron chi connectivity index (χ3n) is 7.52. The van der Waals surface area contributed by atoms with Gasteiger partial charge in [-0.1, -0.05) is 11.8 Å². The highest BCUT2D eigenvalue weighted by molar-refractivity contribution is 5.97. The van der Waals surface area contributed by atoms with Gasteiger partial charge < -0.3 is 24.6 Å². The van der Waals surface area contributed by atoms with E-state index in [2.05, 4.69) is 58.8 Å². The van der Waals surface area contributed by atoms with Crippen LogP contribution in [-0.2, 0) is 9.47 Å². The number of rotatable bonds is 9. The number of morpholine rings is 1. The topological polar surface area (TPSA) is 57.3 Å². The Labute approximate surface area is 212 Å². The predicted octanol–water partition coefficient (Wildman–Crippen LogP) is 2.75. The van der Waals surface area contributed by atoms with Gasteiger partial charge >= 0.3 is 0 Å². The van der Waals surface area contributed by atoms with E-state index in [4.69, 9.17) is 9.47 Å². The first-order valence-electron chi connectivity index (χ1n) is 13.1. The molecule has 0 bridgehead atoms. The monoisotopic (exact) mass is 484 g/mol. The van der Waals surface area contributed by atoms with Crippen molar-refractivity contribution in [2.75, 3.05) is 78.6 Å². The molecule has 194 valence electrons. The number of hydrogen-bond donors (Lipinski definition) is 1. The molecule has 7 heteroatoms. The van der Waals surface area contributed by atoms with E-state index in [0.29, 0.717) is 17.6 Å². The summed E-state index contributed by atoms with van der Waals surface area (Å²) in [4.78, 5) is 20.0. The fourth-order valence-electron chi connectivity index (χ4n) is 5.31. The molecule has 0 aromatic heterocycles. The van der Waals surface area contributed by atoms with E-state index in [0.717, 1.165) is 82.2 Å². The second-order valence-electron chi connectivity index (χ2n) is 9.66. The van der Waals surface area contributed by atoms with Gasteiger partial charge in [-0.05, 0) is 64.3 Å². The summed E-state index contributed by atoms with van der Waals surface area (Å²) in [6.07, 6.45) is 4.67. The standard InChI is InChI=1S/C28H44N4O3/c1-6-32(25-11-9-24(10-12-25)30(4)14-17-34-5)27-21-23(20-26(22(27)2)28(33)29-3)8-7-13-31-15-18-35-19-16-31/h20-21,24-25H,6,9-19H2,1-5H3,(H,29,33). The van der Waals surface area contributed by atoms with Crippen LogP contribution in [-0.4, -0.2) is 102 Å². The first kappa shape index (κ1) is 27.5. The molecule has 1 saturated carbocycles. The summed E-state index contributed by atoms with van der Waals surface area (Å²) in [6.45, 7) is 11.0. The highest BCUT2D eigenvalue weighted by atomic mass is 16.5. The van der Waals surface area contributed by atoms with Gasteiger partial charge in [0.1, 0.15) is 0 Å². The molecule has 1 N–H and O–H groups in total. The maximum atomic E-state index is 12.7. The minimum Gasteiger partial charge on any atom is -0.383 e. The number of nitrogens with one attached hydrogen (secondary N) is 1. The normalized spacial score (nSPS) is 20.9. The lowest BCUT2D eigenvalue weighted by Crippen LogP contribution is -2.44. The first-order valence-corrected chi connectivity index (χ1v) is 13.1. The summed E-state index contributed by atoms with van der Waals surface area (Å²) in [5.41, 5.74) is 3.79. The Hall–Kier alpha value is -2.11. The van der Waals surface area contributed by atoms with Gasteiger partial charge in [0.2, 0.25) is 0 Å². The number of benzene rings is 1. The SMILES string of the molecule is CCN(c1cc(C#CCN2CCOCC2)cc(C(=O)NC)c1C)C1CCC(N(C)CCOC)CC1. The highest BCUT2D eigenvalue weighted by Crippen LogP contribution is 2.33. The van der Waals surface area contributed by atoms with Crippen molar-refractivity contribution >= 4 is 11.6 Å². The van der Waals surface area contributed by atoms with Crippen molar-refractivity contribution in [1.82, 2.24) is 15.1 Å². The average Bonchev–Trinajstić information content (AvgIpc) is 2.89. The van der Waals surface area contributed by atoms with Gasteiger partial charge in [-0.2, -0.15) is 0 Å². The van der Waals surface area contributed by atoms with Crippen LogP contribution in [0.15, 0.2) is 12.1 Å². The van der Waals surface area contributed by atoms with Gasteiger partial charge in [0, 0.05) is 69.2 Å². The Balaban J connectivity index is 1.79. The maximum Gasteiger partial charge on any atom is 0.251 e. The Morgan fingerprint density at radius 3 is 2.51 bits per heavy atom. The molecule has 0 atom stereocenters. The second kappa shape index (κ2) is 13.8. The Bertz CT molecular complexity index is 880. The Kier molecular flexibility index (Phi) is 10.9. The van der Waals surface area contributed by atoms with Crippen LogP contribution in [0, 0.1) is 18.8 Å². The average molecular weight is 485 g/mol. The van der Waals surface area contributed by atoms with Crippen molar-refractivity contribution in [1.29, 1.82) is 0 Å². The zero-order valence-electron chi connectivity index (χ0n) is 22.4. The number of methoxy groups -OCH3 is 1. The third kappa shape index (κ3) is 7.44. The van der Waals surface area contributed by atoms with E-state index in [1.807, 2.05) is 6.07 Å². The molecule has 1 aromatic rings. The summed E-state index contributed by atoms with van der Waals surface area (Å²) in [7, 11) is 5.66. The van der Waals surface area contributed by atoms with E-state index >= 15 is 0 Å². The number of likely N-dealkylation sites (N-methyl/N-ethyl adjacent to an activating group) is 1. The molecule has 2 aliphatic rings. The largest absolute Gasteiger partial charge is 0.383 e. The van der Waals surface area contributed by atoms with E-state index < -0.39 is 0 Å². The smallest absolute Gasteiger partial charge is 0.251 e. The molecule has 0 spiro atoms. The van der Waals surface area contributed by atoms with Crippen molar-refractivity contribution < 1.29 is 14.3 Å². The van der Waals surface area contributed by atoms with Crippen LogP contribution in [0.5, 0.6) is 0 Å². The zero-order valence-corrected chi connectivity index (χ0v) is 22.4. The lowest BCUT2D eigenvalue weighted by atomic mass is 9.88. The van der Waals surface area contributed by atoms with Crippen molar-refractivity contribution in [2.24, 2.45) is 0 Å². The minimum absolute atomic E-state index is 0.0555. The van der Waals surface area contributed by atoms with Gasteiger partial charge in [0.05, 0.1) is 26.4 Å². The second-order valence-corrected chi connectivity index (χ2v) is 9.66. The zero-order chi connectivity index (χ0) is 25.2. The molecule has 1 amide bonds. The van der Waals surface area contributed by atoms with Gasteiger partial charge in [0.15, 0.2) is 0 Å². The van der Waals surface area contributed by atoms with Crippen LogP contribution in [0.25, 0.3) is 0 Å². The van der Waals surface area contributed by atoms with Crippen LogP contribution >= 0.6 is 0 Å². The minimum atomic E-state index is -0.0555. The van der Waals surface area contributed by atoms with Crippen molar-refractivity contribution in [3.05, 3.63) is 28.8 Å². The van der Waals surface area contributed by atoms with Gasteiger partial charge in [-0.3, -0.25) is 9.69 Å². The summed E-state index contributed by atoms with van der Waals surface area (Å²) >= 11 is 0. The van der Waals surface area contributed by atoms with Crippen molar-refractivity contribution in [3.8, 4) is 11.8 Å². The van der Waals surface area contributed by atoms with E-state index in [1.54, 1.807) is 14.2 Å². The molecular formula is C28H44N4O3. The van der Waals surface area contributed by atoms with Crippen molar-refractivity contribution in [2.45, 2.75) is 51.6 Å². The lowest BCUT2D eigenvalue weighted by Gasteiger charge is -2.41. The predicted molar refractivity (Wildman–Crippen MR) is 142 cm³/mol. The number of anilines is 1. The van der Waals surface area contributed by atoms with Gasteiger partial charge in [-0.25, -0.2) is 0 Å². The van der Waals surface area contributed by atoms with Crippen LogP contribution in [0.4, 0.5) is 5.69 Å². The van der Waals surface area contributed by atoms with Gasteiger partial charge in [0.25, 0.3) is 5.91 Å². The molecule has 1 aromatic carbocycles. The molecule has 1 saturated heterocycles.